The first-order valence-corrected chi connectivity index (χ1v) is 5.86. The summed E-state index contributed by atoms with van der Waals surface area (Å²) in [6, 6.07) is 7.23. The molecular weight excluding hydrogens is 272 g/mol. The number of carbonyl (C=O) groups is 1. The normalized spacial score (nSPS) is 24.4. The Hall–Kier alpha value is -0.910. The number of hydrogen-bond acceptors (Lipinski definition) is 3. The highest BCUT2D eigenvalue weighted by Crippen LogP contribution is 2.17. The molecule has 0 aliphatic carbocycles. The lowest BCUT2D eigenvalue weighted by Crippen LogP contribution is -2.37. The summed E-state index contributed by atoms with van der Waals surface area (Å²) in [6.07, 6.45) is 0. The molecule has 1 aliphatic heterocycles. The molecule has 2 atom stereocenters. The second-order valence-corrected chi connectivity index (χ2v) is 4.72. The van der Waals surface area contributed by atoms with E-state index in [2.05, 4.69) is 21.2 Å². The van der Waals surface area contributed by atoms with Crippen LogP contribution in [0.5, 0.6) is 0 Å². The second kappa shape index (κ2) is 4.95. The number of anilines is 1. The van der Waals surface area contributed by atoms with Crippen LogP contribution in [-0.2, 0) is 9.53 Å². The molecule has 3 N–H and O–H groups in total. The van der Waals surface area contributed by atoms with E-state index in [-0.39, 0.29) is 17.9 Å². The van der Waals surface area contributed by atoms with Gasteiger partial charge >= 0.3 is 0 Å². The molecule has 1 aromatic carbocycles. The van der Waals surface area contributed by atoms with Crippen LogP contribution < -0.4 is 11.1 Å². The van der Waals surface area contributed by atoms with Gasteiger partial charge in [0.05, 0.1) is 19.1 Å². The van der Waals surface area contributed by atoms with Crippen molar-refractivity contribution in [1.29, 1.82) is 0 Å². The van der Waals surface area contributed by atoms with Crippen LogP contribution in [0, 0.1) is 5.92 Å². The van der Waals surface area contributed by atoms with E-state index in [0.29, 0.717) is 13.2 Å². The fraction of sp³-hybridized carbons (Fsp3) is 0.364. The summed E-state index contributed by atoms with van der Waals surface area (Å²) in [5.41, 5.74) is 6.53. The van der Waals surface area contributed by atoms with Gasteiger partial charge in [-0.25, -0.2) is 0 Å². The van der Waals surface area contributed by atoms with Crippen LogP contribution in [0.25, 0.3) is 0 Å². The number of carbonyl (C=O) groups excluding carboxylic acids is 1. The standard InChI is InChI=1S/C11H13BrN2O2/c12-7-1-3-8(4-2-7)14-11(15)9-5-16-6-10(9)13/h1-4,9-10H,5-6,13H2,(H,14,15). The van der Waals surface area contributed by atoms with Crippen molar-refractivity contribution in [2.45, 2.75) is 6.04 Å². The number of ether oxygens (including phenoxy) is 1. The first kappa shape index (κ1) is 11.6. The summed E-state index contributed by atoms with van der Waals surface area (Å²) < 4.78 is 6.13. The van der Waals surface area contributed by atoms with Gasteiger partial charge in [-0.3, -0.25) is 4.79 Å². The van der Waals surface area contributed by atoms with Crippen LogP contribution in [0.1, 0.15) is 0 Å². The summed E-state index contributed by atoms with van der Waals surface area (Å²) in [4.78, 5) is 11.8. The van der Waals surface area contributed by atoms with Gasteiger partial charge in [-0.05, 0) is 24.3 Å². The average molecular weight is 285 g/mol. The lowest BCUT2D eigenvalue weighted by molar-refractivity contribution is -0.120. The van der Waals surface area contributed by atoms with E-state index in [0.717, 1.165) is 10.2 Å². The number of benzene rings is 1. The quantitative estimate of drug-likeness (QED) is 0.862. The van der Waals surface area contributed by atoms with Crippen LogP contribution in [0.2, 0.25) is 0 Å². The third kappa shape index (κ3) is 2.61. The monoisotopic (exact) mass is 284 g/mol. The van der Waals surface area contributed by atoms with Crippen LogP contribution in [-0.4, -0.2) is 25.2 Å². The second-order valence-electron chi connectivity index (χ2n) is 3.80. The van der Waals surface area contributed by atoms with Crippen molar-refractivity contribution in [3.8, 4) is 0 Å². The summed E-state index contributed by atoms with van der Waals surface area (Å²) in [5, 5.41) is 2.82. The Morgan fingerprint density at radius 3 is 2.62 bits per heavy atom. The number of nitrogens with one attached hydrogen (secondary N) is 1. The first-order valence-electron chi connectivity index (χ1n) is 5.06. The number of halogens is 1. The Balaban J connectivity index is 1.99. The maximum Gasteiger partial charge on any atom is 0.231 e. The van der Waals surface area contributed by atoms with E-state index in [1.54, 1.807) is 0 Å². The van der Waals surface area contributed by atoms with Gasteiger partial charge in [0, 0.05) is 16.2 Å². The largest absolute Gasteiger partial charge is 0.379 e. The van der Waals surface area contributed by atoms with E-state index in [9.17, 15) is 4.79 Å². The number of hydrogen-bond donors (Lipinski definition) is 2. The topological polar surface area (TPSA) is 64.3 Å². The first-order chi connectivity index (χ1) is 7.66. The molecule has 16 heavy (non-hydrogen) atoms. The fourth-order valence-corrected chi connectivity index (χ4v) is 1.87. The van der Waals surface area contributed by atoms with Gasteiger partial charge in [-0.2, -0.15) is 0 Å². The number of rotatable bonds is 2. The zero-order valence-electron chi connectivity index (χ0n) is 8.65. The summed E-state index contributed by atoms with van der Waals surface area (Å²) in [6.45, 7) is 0.863. The van der Waals surface area contributed by atoms with Crippen LogP contribution >= 0.6 is 15.9 Å². The minimum absolute atomic E-state index is 0.0766. The predicted molar refractivity (Wildman–Crippen MR) is 65.1 cm³/mol. The predicted octanol–water partition coefficient (Wildman–Crippen LogP) is 1.36. The molecule has 0 bridgehead atoms. The van der Waals surface area contributed by atoms with Crippen molar-refractivity contribution in [1.82, 2.24) is 0 Å². The molecule has 1 saturated heterocycles. The Morgan fingerprint density at radius 2 is 2.06 bits per heavy atom. The smallest absolute Gasteiger partial charge is 0.231 e. The minimum Gasteiger partial charge on any atom is -0.379 e. The van der Waals surface area contributed by atoms with Crippen molar-refractivity contribution in [2.24, 2.45) is 11.7 Å². The highest BCUT2D eigenvalue weighted by molar-refractivity contribution is 9.10. The van der Waals surface area contributed by atoms with Crippen molar-refractivity contribution in [2.75, 3.05) is 18.5 Å². The van der Waals surface area contributed by atoms with E-state index in [1.165, 1.54) is 0 Å². The molecule has 0 radical (unpaired) electrons. The van der Waals surface area contributed by atoms with Crippen molar-refractivity contribution >= 4 is 27.5 Å². The van der Waals surface area contributed by atoms with Gasteiger partial charge in [0.15, 0.2) is 0 Å². The molecule has 4 nitrogen and oxygen atoms in total. The van der Waals surface area contributed by atoms with Crippen molar-refractivity contribution in [3.63, 3.8) is 0 Å². The molecule has 1 amide bonds. The fourth-order valence-electron chi connectivity index (χ4n) is 1.61. The molecule has 2 unspecified atom stereocenters. The molecule has 1 heterocycles. The molecule has 1 aliphatic rings. The Morgan fingerprint density at radius 1 is 1.38 bits per heavy atom. The van der Waals surface area contributed by atoms with E-state index in [1.807, 2.05) is 24.3 Å². The molecule has 2 rings (SSSR count). The van der Waals surface area contributed by atoms with Crippen LogP contribution in [0.3, 0.4) is 0 Å². The molecule has 1 aromatic rings. The Bertz CT molecular complexity index is 380. The lowest BCUT2D eigenvalue weighted by Gasteiger charge is -2.13. The number of nitrogens with two attached hydrogens (primary N) is 1. The zero-order chi connectivity index (χ0) is 11.5. The maximum atomic E-state index is 11.8. The van der Waals surface area contributed by atoms with Crippen LogP contribution in [0.4, 0.5) is 5.69 Å². The minimum atomic E-state index is -0.247. The zero-order valence-corrected chi connectivity index (χ0v) is 10.2. The molecule has 1 fully saturated rings. The van der Waals surface area contributed by atoms with Gasteiger partial charge in [-0.15, -0.1) is 0 Å². The Labute approximate surface area is 102 Å². The lowest BCUT2D eigenvalue weighted by atomic mass is 10.0. The van der Waals surface area contributed by atoms with Crippen molar-refractivity contribution < 1.29 is 9.53 Å². The molecule has 0 saturated carbocycles. The third-order valence-electron chi connectivity index (χ3n) is 2.57. The van der Waals surface area contributed by atoms with Gasteiger partial charge in [0.2, 0.25) is 5.91 Å². The van der Waals surface area contributed by atoms with Gasteiger partial charge in [-0.1, -0.05) is 15.9 Å². The summed E-state index contributed by atoms with van der Waals surface area (Å²) >= 11 is 3.33. The molecule has 0 spiro atoms. The van der Waals surface area contributed by atoms with Crippen molar-refractivity contribution in [3.05, 3.63) is 28.7 Å². The highest BCUT2D eigenvalue weighted by atomic mass is 79.9. The highest BCUT2D eigenvalue weighted by Gasteiger charge is 2.31. The van der Waals surface area contributed by atoms with E-state index >= 15 is 0 Å². The summed E-state index contributed by atoms with van der Waals surface area (Å²) in [5.74, 6) is -0.323. The SMILES string of the molecule is NC1COCC1C(=O)Nc1ccc(Br)cc1. The van der Waals surface area contributed by atoms with E-state index < -0.39 is 0 Å². The third-order valence-corrected chi connectivity index (χ3v) is 3.10. The maximum absolute atomic E-state index is 11.8. The average Bonchev–Trinajstić information content (AvgIpc) is 2.68. The van der Waals surface area contributed by atoms with Gasteiger partial charge < -0.3 is 15.8 Å². The van der Waals surface area contributed by atoms with Gasteiger partial charge in [0.25, 0.3) is 0 Å². The van der Waals surface area contributed by atoms with Crippen LogP contribution in [0.15, 0.2) is 28.7 Å². The molecular formula is C11H13BrN2O2. The number of amides is 1. The Kier molecular flexibility index (Phi) is 3.58. The molecule has 5 heteroatoms. The van der Waals surface area contributed by atoms with Gasteiger partial charge in [0.1, 0.15) is 0 Å². The summed E-state index contributed by atoms with van der Waals surface area (Å²) in [7, 11) is 0. The molecule has 86 valence electrons. The van der Waals surface area contributed by atoms with E-state index in [4.69, 9.17) is 10.5 Å². The molecule has 0 aromatic heterocycles.